The summed E-state index contributed by atoms with van der Waals surface area (Å²) in [5, 5.41) is 2.74. The van der Waals surface area contributed by atoms with Gasteiger partial charge in [0.15, 0.2) is 0 Å². The maximum Gasteiger partial charge on any atom is 0.328 e. The van der Waals surface area contributed by atoms with Gasteiger partial charge in [0.2, 0.25) is 0 Å². The molecule has 1 amide bonds. The fourth-order valence-corrected chi connectivity index (χ4v) is 3.69. The Morgan fingerprint density at radius 3 is 2.48 bits per heavy atom. The molecule has 1 atom stereocenters. The van der Waals surface area contributed by atoms with Crippen LogP contribution in [0.4, 0.5) is 0 Å². The summed E-state index contributed by atoms with van der Waals surface area (Å²) in [6.07, 6.45) is 3.69. The first-order valence-electron chi connectivity index (χ1n) is 10.3. The molecule has 8 heteroatoms. The summed E-state index contributed by atoms with van der Waals surface area (Å²) in [5.41, 5.74) is 2.78. The van der Waals surface area contributed by atoms with Crippen molar-refractivity contribution in [2.45, 2.75) is 19.1 Å². The van der Waals surface area contributed by atoms with Gasteiger partial charge in [-0.05, 0) is 51.3 Å². The number of halogens is 1. The van der Waals surface area contributed by atoms with E-state index in [0.29, 0.717) is 12.3 Å². The zero-order valence-electron chi connectivity index (χ0n) is 17.9. The van der Waals surface area contributed by atoms with Crippen molar-refractivity contribution in [3.63, 3.8) is 0 Å². The van der Waals surface area contributed by atoms with Gasteiger partial charge in [-0.1, -0.05) is 42.5 Å². The Kier molecular flexibility index (Phi) is 7.04. The summed E-state index contributed by atoms with van der Waals surface area (Å²) < 4.78 is 13.3. The van der Waals surface area contributed by atoms with E-state index in [4.69, 9.17) is 9.47 Å². The van der Waals surface area contributed by atoms with Crippen molar-refractivity contribution in [2.24, 2.45) is 0 Å². The van der Waals surface area contributed by atoms with Crippen LogP contribution in [-0.2, 0) is 22.6 Å². The molecule has 0 aliphatic rings. The smallest absolute Gasteiger partial charge is 0.328 e. The molecular formula is C25H22BrN3O4. The number of hydrogen-bond donors (Lipinski definition) is 1. The zero-order valence-corrected chi connectivity index (χ0v) is 19.5. The molecule has 0 bridgehead atoms. The van der Waals surface area contributed by atoms with Crippen LogP contribution in [0.25, 0.3) is 5.65 Å². The topological polar surface area (TPSA) is 81.9 Å². The van der Waals surface area contributed by atoms with Gasteiger partial charge in [0.1, 0.15) is 29.7 Å². The van der Waals surface area contributed by atoms with Crippen molar-refractivity contribution in [3.8, 4) is 5.75 Å². The van der Waals surface area contributed by atoms with E-state index in [1.165, 1.54) is 7.11 Å². The van der Waals surface area contributed by atoms with Gasteiger partial charge in [-0.2, -0.15) is 0 Å². The van der Waals surface area contributed by atoms with Crippen LogP contribution in [0.5, 0.6) is 5.75 Å². The number of methoxy groups -OCH3 is 1. The van der Waals surface area contributed by atoms with Crippen LogP contribution in [-0.4, -0.2) is 34.4 Å². The number of pyridine rings is 1. The average Bonchev–Trinajstić information content (AvgIpc) is 3.26. The lowest BCUT2D eigenvalue weighted by Crippen LogP contribution is -2.43. The number of carbonyl (C=O) groups is 2. The summed E-state index contributed by atoms with van der Waals surface area (Å²) in [6.45, 7) is 0.469. The molecule has 1 unspecified atom stereocenters. The predicted molar refractivity (Wildman–Crippen MR) is 127 cm³/mol. The van der Waals surface area contributed by atoms with Gasteiger partial charge in [0.05, 0.1) is 7.11 Å². The van der Waals surface area contributed by atoms with Crippen LogP contribution in [0.15, 0.2) is 83.6 Å². The highest BCUT2D eigenvalue weighted by molar-refractivity contribution is 9.10. The Balaban J connectivity index is 1.41. The highest BCUT2D eigenvalue weighted by Gasteiger charge is 2.24. The minimum Gasteiger partial charge on any atom is -0.489 e. The summed E-state index contributed by atoms with van der Waals surface area (Å²) in [6, 6.07) is 20.1. The molecule has 0 aliphatic carbocycles. The molecule has 0 saturated carbocycles. The van der Waals surface area contributed by atoms with Crippen LogP contribution >= 0.6 is 15.9 Å². The number of ether oxygens (including phenoxy) is 2. The fraction of sp³-hybridized carbons (Fsp3) is 0.160. The second-order valence-corrected chi connectivity index (χ2v) is 8.33. The largest absolute Gasteiger partial charge is 0.489 e. The molecule has 0 saturated heterocycles. The van der Waals surface area contributed by atoms with Gasteiger partial charge in [-0.25, -0.2) is 9.78 Å². The number of carbonyl (C=O) groups excluding carboxylic acids is 2. The van der Waals surface area contributed by atoms with E-state index in [-0.39, 0.29) is 12.1 Å². The van der Waals surface area contributed by atoms with E-state index in [2.05, 4.69) is 26.2 Å². The molecule has 0 radical (unpaired) electrons. The first-order chi connectivity index (χ1) is 16.0. The Labute approximate surface area is 199 Å². The second-order valence-electron chi connectivity index (χ2n) is 7.41. The number of esters is 1. The van der Waals surface area contributed by atoms with Crippen molar-refractivity contribution in [3.05, 3.63) is 100 Å². The molecule has 0 spiro atoms. The summed E-state index contributed by atoms with van der Waals surface area (Å²) in [5.74, 6) is -0.260. The van der Waals surface area contributed by atoms with Gasteiger partial charge in [-0.3, -0.25) is 4.79 Å². The van der Waals surface area contributed by atoms with Crippen molar-refractivity contribution in [1.29, 1.82) is 0 Å². The number of imidazole rings is 1. The lowest BCUT2D eigenvalue weighted by Gasteiger charge is -2.16. The van der Waals surface area contributed by atoms with E-state index >= 15 is 0 Å². The third-order valence-electron chi connectivity index (χ3n) is 5.05. The number of fused-ring (bicyclic) bond motifs is 1. The molecule has 2 aromatic carbocycles. The van der Waals surface area contributed by atoms with E-state index in [0.717, 1.165) is 21.3 Å². The van der Waals surface area contributed by atoms with Gasteiger partial charge in [-0.15, -0.1) is 0 Å². The third-order valence-corrected chi connectivity index (χ3v) is 5.52. The van der Waals surface area contributed by atoms with Crippen LogP contribution in [0.3, 0.4) is 0 Å². The molecule has 2 aromatic heterocycles. The van der Waals surface area contributed by atoms with Crippen LogP contribution in [0.2, 0.25) is 0 Å². The number of nitrogens with zero attached hydrogens (tertiary/aromatic N) is 2. The third kappa shape index (κ3) is 5.78. The Bertz CT molecular complexity index is 1260. The van der Waals surface area contributed by atoms with Crippen molar-refractivity contribution in [1.82, 2.24) is 14.7 Å². The van der Waals surface area contributed by atoms with Gasteiger partial charge in [0, 0.05) is 23.3 Å². The first kappa shape index (κ1) is 22.5. The van der Waals surface area contributed by atoms with Gasteiger partial charge < -0.3 is 19.2 Å². The monoisotopic (exact) mass is 507 g/mol. The highest BCUT2D eigenvalue weighted by atomic mass is 79.9. The molecule has 7 nitrogen and oxygen atoms in total. The van der Waals surface area contributed by atoms with Crippen molar-refractivity contribution >= 4 is 33.5 Å². The minimum atomic E-state index is -0.852. The average molecular weight is 508 g/mol. The second kappa shape index (κ2) is 10.3. The normalized spacial score (nSPS) is 11.7. The van der Waals surface area contributed by atoms with Crippen LogP contribution in [0.1, 0.15) is 21.6 Å². The number of nitrogens with one attached hydrogen (secondary N) is 1. The lowest BCUT2D eigenvalue weighted by atomic mass is 10.1. The van der Waals surface area contributed by atoms with Gasteiger partial charge >= 0.3 is 5.97 Å². The molecule has 4 rings (SSSR count). The molecule has 0 fully saturated rings. The van der Waals surface area contributed by atoms with Crippen LogP contribution < -0.4 is 10.1 Å². The maximum atomic E-state index is 12.8. The molecule has 2 heterocycles. The van der Waals surface area contributed by atoms with E-state index < -0.39 is 17.9 Å². The summed E-state index contributed by atoms with van der Waals surface area (Å²) in [7, 11) is 1.30. The highest BCUT2D eigenvalue weighted by Crippen LogP contribution is 2.16. The Morgan fingerprint density at radius 1 is 1.00 bits per heavy atom. The molecule has 33 heavy (non-hydrogen) atoms. The number of rotatable bonds is 8. The summed E-state index contributed by atoms with van der Waals surface area (Å²) >= 11 is 3.39. The van der Waals surface area contributed by atoms with E-state index in [9.17, 15) is 9.59 Å². The van der Waals surface area contributed by atoms with Crippen molar-refractivity contribution in [2.75, 3.05) is 7.11 Å². The number of hydrogen-bond acceptors (Lipinski definition) is 5. The lowest BCUT2D eigenvalue weighted by molar-refractivity contribution is -0.142. The predicted octanol–water partition coefficient (Wildman–Crippen LogP) is 4.19. The Morgan fingerprint density at radius 2 is 1.76 bits per heavy atom. The molecule has 0 aliphatic heterocycles. The summed E-state index contributed by atoms with van der Waals surface area (Å²) in [4.78, 5) is 29.4. The number of aromatic nitrogens is 2. The quantitative estimate of drug-likeness (QED) is 0.361. The van der Waals surface area contributed by atoms with Gasteiger partial charge in [0.25, 0.3) is 5.91 Å². The zero-order chi connectivity index (χ0) is 23.2. The van der Waals surface area contributed by atoms with E-state index in [1.54, 1.807) is 22.9 Å². The standard InChI is InChI=1S/C25H22BrN3O4/c1-32-25(31)21(28-24(30)22-15-29-14-19(26)9-12-23(29)27-22)13-17-7-10-20(11-8-17)33-16-18-5-3-2-4-6-18/h2-12,14-15,21H,13,16H2,1H3,(H,28,30). The molecular weight excluding hydrogens is 486 g/mol. The Hall–Kier alpha value is -3.65. The SMILES string of the molecule is COC(=O)C(Cc1ccc(OCc2ccccc2)cc1)NC(=O)c1cn2cc(Br)ccc2n1. The number of benzene rings is 2. The molecule has 4 aromatic rings. The van der Waals surface area contributed by atoms with Crippen molar-refractivity contribution < 1.29 is 19.1 Å². The van der Waals surface area contributed by atoms with Crippen LogP contribution in [0, 0.1) is 0 Å². The number of amides is 1. The maximum absolute atomic E-state index is 12.8. The van der Waals surface area contributed by atoms with E-state index in [1.807, 2.05) is 60.7 Å². The first-order valence-corrected chi connectivity index (χ1v) is 11.1. The molecule has 168 valence electrons. The minimum absolute atomic E-state index is 0.215. The fourth-order valence-electron chi connectivity index (χ4n) is 3.34. The molecule has 1 N–H and O–H groups in total.